The third-order valence-electron chi connectivity index (χ3n) is 7.05. The van der Waals surface area contributed by atoms with E-state index in [0.717, 1.165) is 45.3 Å². The number of amidine groups is 1. The van der Waals surface area contributed by atoms with Crippen molar-refractivity contribution in [3.05, 3.63) is 65.7 Å². The van der Waals surface area contributed by atoms with Gasteiger partial charge < -0.3 is 9.80 Å². The van der Waals surface area contributed by atoms with Crippen LogP contribution in [0.5, 0.6) is 0 Å². The van der Waals surface area contributed by atoms with Crippen molar-refractivity contribution in [2.75, 3.05) is 32.7 Å². The minimum Gasteiger partial charge on any atom is -0.340 e. The average molecular weight is 497 g/mol. The molecule has 0 saturated carbocycles. The first-order valence-corrected chi connectivity index (χ1v) is 14.1. The molecule has 0 bridgehead atoms. The summed E-state index contributed by atoms with van der Waals surface area (Å²) in [5, 5.41) is 0. The third kappa shape index (κ3) is 6.11. The fraction of sp³-hybridized carbons (Fsp3) is 0.481. The number of fused-ring (bicyclic) bond motifs is 1. The van der Waals surface area contributed by atoms with E-state index in [1.807, 2.05) is 24.8 Å². The molecule has 2 aliphatic heterocycles. The Bertz CT molecular complexity index is 1150. The molecule has 0 spiro atoms. The Balaban J connectivity index is 1.42. The molecule has 1 N–H and O–H groups in total. The summed E-state index contributed by atoms with van der Waals surface area (Å²) >= 11 is 0. The van der Waals surface area contributed by atoms with E-state index in [1.165, 1.54) is 5.56 Å². The van der Waals surface area contributed by atoms with E-state index in [4.69, 9.17) is 4.99 Å². The van der Waals surface area contributed by atoms with Crippen molar-refractivity contribution in [1.82, 2.24) is 14.5 Å². The Morgan fingerprint density at radius 3 is 2.54 bits per heavy atom. The Morgan fingerprint density at radius 1 is 1.03 bits per heavy atom. The van der Waals surface area contributed by atoms with Gasteiger partial charge in [0.25, 0.3) is 10.0 Å². The minimum absolute atomic E-state index is 0.00232. The smallest absolute Gasteiger partial charge is 0.263 e. The van der Waals surface area contributed by atoms with Crippen LogP contribution in [0, 0.1) is 5.92 Å². The average Bonchev–Trinajstić information content (AvgIpc) is 3.00. The van der Waals surface area contributed by atoms with E-state index in [-0.39, 0.29) is 22.6 Å². The number of hydrogen-bond donors (Lipinski definition) is 1. The van der Waals surface area contributed by atoms with Crippen LogP contribution in [0.1, 0.15) is 44.2 Å². The predicted molar refractivity (Wildman–Crippen MR) is 139 cm³/mol. The number of nitrogens with one attached hydrogen (secondary N) is 1. The molecule has 188 valence electrons. The highest BCUT2D eigenvalue weighted by atomic mass is 32.2. The summed E-state index contributed by atoms with van der Waals surface area (Å²) in [6.07, 6.45) is 3.86. The molecule has 2 heterocycles. The van der Waals surface area contributed by atoms with Gasteiger partial charge in [-0.1, -0.05) is 62.7 Å². The van der Waals surface area contributed by atoms with Crippen LogP contribution < -0.4 is 4.72 Å². The molecule has 0 radical (unpaired) electrons. The lowest BCUT2D eigenvalue weighted by molar-refractivity contribution is -0.133. The zero-order chi connectivity index (χ0) is 24.8. The molecule has 2 aliphatic rings. The van der Waals surface area contributed by atoms with Crippen LogP contribution in [0.2, 0.25) is 0 Å². The first-order valence-electron chi connectivity index (χ1n) is 12.6. The van der Waals surface area contributed by atoms with E-state index in [9.17, 15) is 13.2 Å². The van der Waals surface area contributed by atoms with Crippen LogP contribution in [-0.2, 0) is 21.2 Å². The van der Waals surface area contributed by atoms with Crippen molar-refractivity contribution in [1.29, 1.82) is 0 Å². The maximum Gasteiger partial charge on any atom is 0.263 e. The van der Waals surface area contributed by atoms with Gasteiger partial charge in [0.05, 0.1) is 4.90 Å². The number of amides is 1. The number of aryl methyl sites for hydroxylation is 1. The number of rotatable bonds is 8. The lowest BCUT2D eigenvalue weighted by atomic mass is 9.98. The molecule has 1 fully saturated rings. The van der Waals surface area contributed by atoms with Crippen molar-refractivity contribution in [3.63, 3.8) is 0 Å². The predicted octanol–water partition coefficient (Wildman–Crippen LogP) is 3.31. The monoisotopic (exact) mass is 496 g/mol. The lowest BCUT2D eigenvalue weighted by Crippen LogP contribution is -2.44. The molecule has 7 nitrogen and oxygen atoms in total. The molecule has 0 aliphatic carbocycles. The SMILES string of the molecule is CC[C@H](C)[C@H](N=C1NS(=O)(=O)c2ccccc21)C(=O)N1CCCN(CCCc2ccccc2)CC1. The van der Waals surface area contributed by atoms with E-state index in [1.54, 1.807) is 24.3 Å². The van der Waals surface area contributed by atoms with Gasteiger partial charge >= 0.3 is 0 Å². The van der Waals surface area contributed by atoms with Crippen LogP contribution in [0.3, 0.4) is 0 Å². The van der Waals surface area contributed by atoms with Crippen LogP contribution in [0.15, 0.2) is 64.5 Å². The highest BCUT2D eigenvalue weighted by Crippen LogP contribution is 2.25. The summed E-state index contributed by atoms with van der Waals surface area (Å²) in [7, 11) is -3.64. The van der Waals surface area contributed by atoms with Crippen LogP contribution >= 0.6 is 0 Å². The quantitative estimate of drug-likeness (QED) is 0.608. The van der Waals surface area contributed by atoms with Crippen LogP contribution in [0.25, 0.3) is 0 Å². The molecule has 2 aromatic carbocycles. The normalized spacial score (nSPS) is 20.6. The maximum absolute atomic E-state index is 13.6. The molecule has 2 atom stereocenters. The van der Waals surface area contributed by atoms with E-state index in [2.05, 4.69) is 33.9 Å². The molecule has 1 saturated heterocycles. The highest BCUT2D eigenvalue weighted by molar-refractivity contribution is 7.90. The van der Waals surface area contributed by atoms with E-state index < -0.39 is 16.1 Å². The van der Waals surface area contributed by atoms with Crippen LogP contribution in [-0.4, -0.2) is 68.7 Å². The molecule has 0 unspecified atom stereocenters. The molecule has 0 aromatic heterocycles. The molecule has 35 heavy (non-hydrogen) atoms. The molecule has 8 heteroatoms. The number of nitrogens with zero attached hydrogens (tertiary/aromatic N) is 3. The van der Waals surface area contributed by atoms with Crippen molar-refractivity contribution < 1.29 is 13.2 Å². The summed E-state index contributed by atoms with van der Waals surface area (Å²) in [5.41, 5.74) is 1.90. The topological polar surface area (TPSA) is 82.1 Å². The number of benzene rings is 2. The molecule has 1 amide bonds. The van der Waals surface area contributed by atoms with Crippen LogP contribution in [0.4, 0.5) is 0 Å². The number of sulfonamides is 1. The lowest BCUT2D eigenvalue weighted by Gasteiger charge is -2.27. The minimum atomic E-state index is -3.64. The standard InChI is InChI=1S/C27H36N4O3S/c1-3-21(2)25(28-26-23-14-7-8-15-24(23)35(33,34)29-26)27(32)31-18-10-17-30(19-20-31)16-9-13-22-11-5-4-6-12-22/h4-8,11-12,14-15,21,25H,3,9-10,13,16-20H2,1-2H3,(H,28,29)/t21-,25-/m0/s1. The largest absolute Gasteiger partial charge is 0.340 e. The molecular formula is C27H36N4O3S. The molecule has 4 rings (SSSR count). The fourth-order valence-electron chi connectivity index (χ4n) is 4.77. The van der Waals surface area contributed by atoms with Crippen molar-refractivity contribution in [2.45, 2.75) is 50.5 Å². The summed E-state index contributed by atoms with van der Waals surface area (Å²) in [5.74, 6) is 0.260. The summed E-state index contributed by atoms with van der Waals surface area (Å²) in [6, 6.07) is 16.7. The third-order valence-corrected chi connectivity index (χ3v) is 8.45. The molecule has 2 aromatic rings. The summed E-state index contributed by atoms with van der Waals surface area (Å²) < 4.78 is 27.6. The fourth-order valence-corrected chi connectivity index (χ4v) is 6.01. The van der Waals surface area contributed by atoms with Gasteiger partial charge in [-0.15, -0.1) is 0 Å². The zero-order valence-electron chi connectivity index (χ0n) is 20.7. The first-order chi connectivity index (χ1) is 16.9. The van der Waals surface area contributed by atoms with Gasteiger partial charge in [0, 0.05) is 25.2 Å². The Kier molecular flexibility index (Phi) is 8.23. The Hall–Kier alpha value is -2.71. The number of aliphatic imine (C=N–C) groups is 1. The van der Waals surface area contributed by atoms with Gasteiger partial charge in [-0.3, -0.25) is 14.5 Å². The second-order valence-electron chi connectivity index (χ2n) is 9.52. The van der Waals surface area contributed by atoms with Crippen molar-refractivity contribution >= 4 is 21.8 Å². The zero-order valence-corrected chi connectivity index (χ0v) is 21.5. The van der Waals surface area contributed by atoms with Crippen molar-refractivity contribution in [3.8, 4) is 0 Å². The summed E-state index contributed by atoms with van der Waals surface area (Å²) in [4.78, 5) is 22.9. The van der Waals surface area contributed by atoms with Gasteiger partial charge in [0.1, 0.15) is 11.9 Å². The first kappa shape index (κ1) is 25.4. The van der Waals surface area contributed by atoms with Crippen molar-refractivity contribution in [2.24, 2.45) is 10.9 Å². The van der Waals surface area contributed by atoms with Gasteiger partial charge in [0.2, 0.25) is 5.91 Å². The van der Waals surface area contributed by atoms with Gasteiger partial charge in [-0.2, -0.15) is 0 Å². The highest BCUT2D eigenvalue weighted by Gasteiger charge is 2.34. The number of hydrogen-bond acceptors (Lipinski definition) is 5. The van der Waals surface area contributed by atoms with Gasteiger partial charge in [0.15, 0.2) is 0 Å². The maximum atomic E-state index is 13.6. The van der Waals surface area contributed by atoms with E-state index >= 15 is 0 Å². The Labute approximate surface area is 209 Å². The number of carbonyl (C=O) groups excluding carboxylic acids is 1. The van der Waals surface area contributed by atoms with Gasteiger partial charge in [-0.25, -0.2) is 8.42 Å². The second-order valence-corrected chi connectivity index (χ2v) is 11.2. The molecular weight excluding hydrogens is 460 g/mol. The number of carbonyl (C=O) groups is 1. The van der Waals surface area contributed by atoms with Gasteiger partial charge in [-0.05, 0) is 56.0 Å². The summed E-state index contributed by atoms with van der Waals surface area (Å²) in [6.45, 7) is 8.27. The Morgan fingerprint density at radius 2 is 1.77 bits per heavy atom. The second kappa shape index (κ2) is 11.4. The van der Waals surface area contributed by atoms with E-state index in [0.29, 0.717) is 18.7 Å².